The molecule has 0 aromatic heterocycles. The Kier molecular flexibility index (Phi) is 4.22. The molecule has 0 radical (unpaired) electrons. The van der Waals surface area contributed by atoms with Gasteiger partial charge in [0.15, 0.2) is 0 Å². The van der Waals surface area contributed by atoms with Gasteiger partial charge in [-0.3, -0.25) is 4.90 Å². The van der Waals surface area contributed by atoms with E-state index in [-0.39, 0.29) is 12.1 Å². The standard InChI is InChI=1S/C19H27N3O2/c1-12-4-3-5-13(2)18(12)21-19(23)20-15-8-16-11-24-17(14-6-7-14)10-22(16)9-15/h3-5,14-17H,6-11H2,1-2H3,(H2,20,21,23)/t15-,16+,17-/m1/s1. The van der Waals surface area contributed by atoms with Crippen LogP contribution in [0.25, 0.3) is 0 Å². The van der Waals surface area contributed by atoms with Gasteiger partial charge in [-0.15, -0.1) is 0 Å². The Hall–Kier alpha value is -1.59. The third kappa shape index (κ3) is 3.28. The molecule has 3 aliphatic rings. The monoisotopic (exact) mass is 329 g/mol. The molecule has 1 saturated carbocycles. The Labute approximate surface area is 143 Å². The van der Waals surface area contributed by atoms with Crippen LogP contribution in [0.2, 0.25) is 0 Å². The van der Waals surface area contributed by atoms with E-state index in [1.165, 1.54) is 12.8 Å². The van der Waals surface area contributed by atoms with Crippen molar-refractivity contribution in [2.45, 2.75) is 51.3 Å². The molecule has 2 aliphatic heterocycles. The number of morpholine rings is 1. The molecule has 5 nitrogen and oxygen atoms in total. The number of carbonyl (C=O) groups excluding carboxylic acids is 1. The summed E-state index contributed by atoms with van der Waals surface area (Å²) in [7, 11) is 0. The van der Waals surface area contributed by atoms with Gasteiger partial charge in [0.25, 0.3) is 0 Å². The molecular weight excluding hydrogens is 302 g/mol. The molecule has 0 spiro atoms. The lowest BCUT2D eigenvalue weighted by molar-refractivity contribution is -0.0581. The largest absolute Gasteiger partial charge is 0.375 e. The second-order valence-corrected chi connectivity index (χ2v) is 7.61. The van der Waals surface area contributed by atoms with Gasteiger partial charge in [0.1, 0.15) is 0 Å². The molecule has 2 N–H and O–H groups in total. The molecule has 2 amide bonds. The Morgan fingerprint density at radius 1 is 1.21 bits per heavy atom. The van der Waals surface area contributed by atoms with Crippen molar-refractivity contribution in [1.82, 2.24) is 10.2 Å². The smallest absolute Gasteiger partial charge is 0.319 e. The highest BCUT2D eigenvalue weighted by Gasteiger charge is 2.42. The van der Waals surface area contributed by atoms with Crippen LogP contribution in [0.1, 0.15) is 30.4 Å². The molecule has 130 valence electrons. The minimum atomic E-state index is -0.100. The van der Waals surface area contributed by atoms with Gasteiger partial charge in [-0.1, -0.05) is 18.2 Å². The average molecular weight is 329 g/mol. The zero-order valence-corrected chi connectivity index (χ0v) is 14.5. The van der Waals surface area contributed by atoms with Crippen molar-refractivity contribution in [3.8, 4) is 0 Å². The summed E-state index contributed by atoms with van der Waals surface area (Å²) in [6.45, 7) is 6.84. The number of para-hydroxylation sites is 1. The minimum absolute atomic E-state index is 0.100. The second kappa shape index (κ2) is 6.37. The summed E-state index contributed by atoms with van der Waals surface area (Å²) in [5.41, 5.74) is 3.10. The molecule has 5 heteroatoms. The summed E-state index contributed by atoms with van der Waals surface area (Å²) in [4.78, 5) is 14.9. The van der Waals surface area contributed by atoms with E-state index in [0.717, 1.165) is 48.8 Å². The van der Waals surface area contributed by atoms with Crippen LogP contribution < -0.4 is 10.6 Å². The number of urea groups is 1. The number of nitrogens with one attached hydrogen (secondary N) is 2. The summed E-state index contributed by atoms with van der Waals surface area (Å²) >= 11 is 0. The fourth-order valence-corrected chi connectivity index (χ4v) is 4.10. The molecule has 24 heavy (non-hydrogen) atoms. The van der Waals surface area contributed by atoms with Gasteiger partial charge < -0.3 is 15.4 Å². The molecule has 3 atom stereocenters. The Morgan fingerprint density at radius 3 is 2.67 bits per heavy atom. The highest BCUT2D eigenvalue weighted by atomic mass is 16.5. The van der Waals surface area contributed by atoms with Gasteiger partial charge in [-0.05, 0) is 50.2 Å². The number of fused-ring (bicyclic) bond motifs is 1. The van der Waals surface area contributed by atoms with E-state index in [0.29, 0.717) is 12.1 Å². The second-order valence-electron chi connectivity index (χ2n) is 7.61. The first-order chi connectivity index (χ1) is 11.6. The van der Waals surface area contributed by atoms with Crippen LogP contribution in [-0.2, 0) is 4.74 Å². The third-order valence-corrected chi connectivity index (χ3v) is 5.65. The van der Waals surface area contributed by atoms with Crippen LogP contribution in [0.5, 0.6) is 0 Å². The number of carbonyl (C=O) groups is 1. The maximum Gasteiger partial charge on any atom is 0.319 e. The summed E-state index contributed by atoms with van der Waals surface area (Å²) in [6.07, 6.45) is 4.05. The topological polar surface area (TPSA) is 53.6 Å². The van der Waals surface area contributed by atoms with Crippen LogP contribution in [0, 0.1) is 19.8 Å². The van der Waals surface area contributed by atoms with Crippen molar-refractivity contribution in [3.05, 3.63) is 29.3 Å². The number of hydrogen-bond donors (Lipinski definition) is 2. The fraction of sp³-hybridized carbons (Fsp3) is 0.632. The molecular formula is C19H27N3O2. The molecule has 1 aromatic rings. The van der Waals surface area contributed by atoms with Crippen LogP contribution in [0.4, 0.5) is 10.5 Å². The van der Waals surface area contributed by atoms with Gasteiger partial charge in [-0.25, -0.2) is 4.79 Å². The molecule has 1 aromatic carbocycles. The molecule has 2 saturated heterocycles. The van der Waals surface area contributed by atoms with E-state index in [1.54, 1.807) is 0 Å². The predicted octanol–water partition coefficient (Wildman–Crippen LogP) is 2.68. The molecule has 1 aliphatic carbocycles. The van der Waals surface area contributed by atoms with Gasteiger partial charge in [0.05, 0.1) is 12.7 Å². The third-order valence-electron chi connectivity index (χ3n) is 5.65. The first-order valence-electron chi connectivity index (χ1n) is 9.09. The van der Waals surface area contributed by atoms with Crippen LogP contribution in [-0.4, -0.2) is 48.8 Å². The van der Waals surface area contributed by atoms with Gasteiger partial charge in [0, 0.05) is 30.9 Å². The Bertz CT molecular complexity index is 609. The summed E-state index contributed by atoms with van der Waals surface area (Å²) < 4.78 is 6.03. The number of hydrogen-bond acceptors (Lipinski definition) is 3. The normalized spacial score (nSPS) is 30.0. The maximum atomic E-state index is 12.4. The lowest BCUT2D eigenvalue weighted by Gasteiger charge is -2.35. The lowest BCUT2D eigenvalue weighted by Crippen LogP contribution is -2.47. The number of aryl methyl sites for hydroxylation is 2. The van der Waals surface area contributed by atoms with Gasteiger partial charge >= 0.3 is 6.03 Å². The van der Waals surface area contributed by atoms with Crippen molar-refractivity contribution in [1.29, 1.82) is 0 Å². The van der Waals surface area contributed by atoms with E-state index in [2.05, 4.69) is 15.5 Å². The predicted molar refractivity (Wildman–Crippen MR) is 94.3 cm³/mol. The van der Waals surface area contributed by atoms with Crippen molar-refractivity contribution in [2.24, 2.45) is 5.92 Å². The number of amides is 2. The Morgan fingerprint density at radius 2 is 1.96 bits per heavy atom. The number of rotatable bonds is 3. The number of nitrogens with zero attached hydrogens (tertiary/aromatic N) is 1. The summed E-state index contributed by atoms with van der Waals surface area (Å²) in [5, 5.41) is 6.17. The van der Waals surface area contributed by atoms with Gasteiger partial charge in [-0.2, -0.15) is 0 Å². The molecule has 2 heterocycles. The molecule has 4 rings (SSSR count). The number of benzene rings is 1. The highest BCUT2D eigenvalue weighted by Crippen LogP contribution is 2.37. The summed E-state index contributed by atoms with van der Waals surface area (Å²) in [5.74, 6) is 0.783. The van der Waals surface area contributed by atoms with E-state index < -0.39 is 0 Å². The highest BCUT2D eigenvalue weighted by molar-refractivity contribution is 5.91. The number of anilines is 1. The zero-order chi connectivity index (χ0) is 16.7. The van der Waals surface area contributed by atoms with Crippen molar-refractivity contribution in [3.63, 3.8) is 0 Å². The van der Waals surface area contributed by atoms with E-state index in [4.69, 9.17) is 4.74 Å². The first kappa shape index (κ1) is 15.9. The van der Waals surface area contributed by atoms with E-state index in [1.807, 2.05) is 32.0 Å². The maximum absolute atomic E-state index is 12.4. The van der Waals surface area contributed by atoms with Gasteiger partial charge in [0.2, 0.25) is 0 Å². The minimum Gasteiger partial charge on any atom is -0.375 e. The molecule has 0 bridgehead atoms. The fourth-order valence-electron chi connectivity index (χ4n) is 4.10. The quantitative estimate of drug-likeness (QED) is 0.896. The average Bonchev–Trinajstić information content (AvgIpc) is 3.31. The SMILES string of the molecule is Cc1cccc(C)c1NC(=O)N[C@@H]1C[C@H]2CO[C@@H](C3CC3)CN2C1. The van der Waals surface area contributed by atoms with Crippen LogP contribution in [0.3, 0.4) is 0 Å². The number of ether oxygens (including phenoxy) is 1. The summed E-state index contributed by atoms with van der Waals surface area (Å²) in [6, 6.07) is 6.63. The first-order valence-corrected chi connectivity index (χ1v) is 9.09. The van der Waals surface area contributed by atoms with E-state index in [9.17, 15) is 4.79 Å². The lowest BCUT2D eigenvalue weighted by atomic mass is 10.1. The van der Waals surface area contributed by atoms with Crippen LogP contribution >= 0.6 is 0 Å². The van der Waals surface area contributed by atoms with E-state index >= 15 is 0 Å². The van der Waals surface area contributed by atoms with Crippen molar-refractivity contribution in [2.75, 3.05) is 25.0 Å². The molecule has 3 fully saturated rings. The molecule has 0 unspecified atom stereocenters. The van der Waals surface area contributed by atoms with Crippen molar-refractivity contribution >= 4 is 11.7 Å². The Balaban J connectivity index is 1.32. The van der Waals surface area contributed by atoms with Crippen molar-refractivity contribution < 1.29 is 9.53 Å². The van der Waals surface area contributed by atoms with Crippen LogP contribution in [0.15, 0.2) is 18.2 Å². The zero-order valence-electron chi connectivity index (χ0n) is 14.5.